The highest BCUT2D eigenvalue weighted by Gasteiger charge is 2.42. The highest BCUT2D eigenvalue weighted by atomic mass is 32.1. The van der Waals surface area contributed by atoms with E-state index in [0.717, 1.165) is 24.5 Å². The normalized spacial score (nSPS) is 22.1. The highest BCUT2D eigenvalue weighted by molar-refractivity contribution is 7.15. The van der Waals surface area contributed by atoms with E-state index in [-0.39, 0.29) is 11.6 Å². The summed E-state index contributed by atoms with van der Waals surface area (Å²) in [4.78, 5) is 2.10. The van der Waals surface area contributed by atoms with Crippen LogP contribution in [0.4, 0.5) is 5.13 Å². The van der Waals surface area contributed by atoms with Crippen molar-refractivity contribution in [3.63, 3.8) is 0 Å². The van der Waals surface area contributed by atoms with Crippen molar-refractivity contribution in [2.75, 3.05) is 26.8 Å². The standard InChI is InChI=1S/C25H49N5OS/c1-6-7-8-9-10-11-12-13-14-15-16-17-18-19-26-22-20-29(5)21-30(22,31)24-28-27-23(32-24)25(2,3)4/h22,26H,6-21H2,1-5H3. The zero-order valence-electron chi connectivity index (χ0n) is 21.5. The number of hydrogen-bond donors (Lipinski definition) is 1. The molecule has 32 heavy (non-hydrogen) atoms. The average molecular weight is 468 g/mol. The van der Waals surface area contributed by atoms with E-state index in [1.54, 1.807) is 0 Å². The lowest BCUT2D eigenvalue weighted by Gasteiger charge is -2.39. The summed E-state index contributed by atoms with van der Waals surface area (Å²) in [7, 11) is 2.02. The number of aromatic nitrogens is 2. The molecule has 0 spiro atoms. The Labute approximate surface area is 201 Å². The summed E-state index contributed by atoms with van der Waals surface area (Å²) in [6, 6.07) is 0. The van der Waals surface area contributed by atoms with Gasteiger partial charge in [0.25, 0.3) is 0 Å². The van der Waals surface area contributed by atoms with Crippen LogP contribution in [-0.2, 0) is 5.41 Å². The van der Waals surface area contributed by atoms with Gasteiger partial charge in [-0.25, -0.2) is 0 Å². The van der Waals surface area contributed by atoms with Gasteiger partial charge < -0.3 is 5.21 Å². The third-order valence-electron chi connectivity index (χ3n) is 6.48. The summed E-state index contributed by atoms with van der Waals surface area (Å²) < 4.78 is -0.414. The molecule has 0 aromatic carbocycles. The molecule has 0 bridgehead atoms. The highest BCUT2D eigenvalue weighted by Crippen LogP contribution is 2.36. The smallest absolute Gasteiger partial charge is 0.309 e. The number of hydrogen-bond acceptors (Lipinski definition) is 6. The minimum atomic E-state index is -0.414. The van der Waals surface area contributed by atoms with Gasteiger partial charge in [-0.1, -0.05) is 110 Å². The molecule has 6 nitrogen and oxygen atoms in total. The number of nitrogens with zero attached hydrogens (tertiary/aromatic N) is 4. The van der Waals surface area contributed by atoms with Gasteiger partial charge >= 0.3 is 5.13 Å². The number of rotatable bonds is 16. The van der Waals surface area contributed by atoms with E-state index in [1.807, 2.05) is 7.05 Å². The van der Waals surface area contributed by atoms with Gasteiger partial charge in [0.15, 0.2) is 6.17 Å². The lowest BCUT2D eigenvalue weighted by atomic mass is 9.98. The molecule has 2 rings (SSSR count). The second-order valence-corrected chi connectivity index (χ2v) is 11.8. The topological polar surface area (TPSA) is 64.1 Å². The Hall–Kier alpha value is -0.600. The molecule has 1 aromatic rings. The van der Waals surface area contributed by atoms with Gasteiger partial charge in [-0.2, -0.15) is 0 Å². The molecule has 1 N–H and O–H groups in total. The van der Waals surface area contributed by atoms with E-state index in [0.29, 0.717) is 11.8 Å². The molecule has 7 heteroatoms. The molecule has 0 amide bonds. The summed E-state index contributed by atoms with van der Waals surface area (Å²) in [5.41, 5.74) is -0.0712. The first-order chi connectivity index (χ1) is 15.3. The van der Waals surface area contributed by atoms with Crippen molar-refractivity contribution < 1.29 is 0 Å². The molecule has 0 saturated carbocycles. The molecule has 2 heterocycles. The summed E-state index contributed by atoms with van der Waals surface area (Å²) >= 11 is 1.48. The molecule has 1 aliphatic heterocycles. The fourth-order valence-electron chi connectivity index (χ4n) is 4.43. The molecule has 1 aromatic heterocycles. The van der Waals surface area contributed by atoms with Gasteiger partial charge in [-0.05, 0) is 24.8 Å². The molecule has 1 fully saturated rings. The van der Waals surface area contributed by atoms with Gasteiger partial charge in [0, 0.05) is 12.0 Å². The molecule has 2 unspecified atom stereocenters. The summed E-state index contributed by atoms with van der Waals surface area (Å²) in [5.74, 6) is 0. The van der Waals surface area contributed by atoms with Crippen molar-refractivity contribution >= 4 is 16.5 Å². The Morgan fingerprint density at radius 3 is 1.97 bits per heavy atom. The average Bonchev–Trinajstić information content (AvgIpc) is 3.34. The molecule has 1 aliphatic rings. The molecule has 0 aliphatic carbocycles. The van der Waals surface area contributed by atoms with Gasteiger partial charge in [0.2, 0.25) is 0 Å². The second kappa shape index (κ2) is 14.0. The van der Waals surface area contributed by atoms with E-state index in [1.165, 1.54) is 88.4 Å². The van der Waals surface area contributed by atoms with Crippen molar-refractivity contribution in [3.8, 4) is 0 Å². The maximum absolute atomic E-state index is 13.7. The molecular weight excluding hydrogens is 418 g/mol. The molecular formula is C25H49N5OS. The van der Waals surface area contributed by atoms with Crippen LogP contribution in [0.25, 0.3) is 0 Å². The molecule has 2 atom stereocenters. The van der Waals surface area contributed by atoms with E-state index < -0.39 is 4.65 Å². The minimum absolute atomic E-state index is 0.0712. The van der Waals surface area contributed by atoms with E-state index in [9.17, 15) is 5.21 Å². The first-order valence-electron chi connectivity index (χ1n) is 13.1. The van der Waals surface area contributed by atoms with E-state index in [2.05, 4.69) is 48.1 Å². The summed E-state index contributed by atoms with van der Waals surface area (Å²) in [6.45, 7) is 10.7. The van der Waals surface area contributed by atoms with Crippen LogP contribution in [-0.4, -0.2) is 48.1 Å². The van der Waals surface area contributed by atoms with Crippen LogP contribution in [0.15, 0.2) is 0 Å². The van der Waals surface area contributed by atoms with E-state index >= 15 is 0 Å². The van der Waals surface area contributed by atoms with E-state index in [4.69, 9.17) is 0 Å². The van der Waals surface area contributed by atoms with Crippen molar-refractivity contribution in [1.82, 2.24) is 25.1 Å². The van der Waals surface area contributed by atoms with Crippen LogP contribution in [0.3, 0.4) is 0 Å². The van der Waals surface area contributed by atoms with Crippen LogP contribution < -0.4 is 9.96 Å². The van der Waals surface area contributed by atoms with Crippen molar-refractivity contribution in [2.24, 2.45) is 0 Å². The zero-order valence-corrected chi connectivity index (χ0v) is 22.3. The Bertz CT molecular complexity index is 632. The third-order valence-corrected chi connectivity index (χ3v) is 7.94. The van der Waals surface area contributed by atoms with Crippen LogP contribution in [0.5, 0.6) is 0 Å². The largest absolute Gasteiger partial charge is 0.623 e. The quantitative estimate of drug-likeness (QED) is 0.170. The summed E-state index contributed by atoms with van der Waals surface area (Å²) in [6.07, 6.45) is 17.5. The Kier molecular flexibility index (Phi) is 12.1. The minimum Gasteiger partial charge on any atom is -0.623 e. The Morgan fingerprint density at radius 2 is 1.47 bits per heavy atom. The summed E-state index contributed by atoms with van der Waals surface area (Å²) in [5, 5.41) is 27.4. The monoisotopic (exact) mass is 467 g/mol. The second-order valence-electron chi connectivity index (χ2n) is 10.8. The molecule has 0 radical (unpaired) electrons. The van der Waals surface area contributed by atoms with Crippen LogP contribution in [0, 0.1) is 5.21 Å². The van der Waals surface area contributed by atoms with Crippen LogP contribution in [0.1, 0.15) is 116 Å². The van der Waals surface area contributed by atoms with Crippen molar-refractivity contribution in [1.29, 1.82) is 0 Å². The zero-order chi connectivity index (χ0) is 23.5. The lowest BCUT2D eigenvalue weighted by molar-refractivity contribution is 0.286. The van der Waals surface area contributed by atoms with Gasteiger partial charge in [0.1, 0.15) is 11.7 Å². The Balaban J connectivity index is 1.58. The fourth-order valence-corrected chi connectivity index (χ4v) is 5.41. The Morgan fingerprint density at radius 1 is 0.938 bits per heavy atom. The first-order valence-corrected chi connectivity index (χ1v) is 13.9. The maximum Gasteiger partial charge on any atom is 0.309 e. The predicted octanol–water partition coefficient (Wildman–Crippen LogP) is 6.55. The molecule has 186 valence electrons. The van der Waals surface area contributed by atoms with Crippen LogP contribution >= 0.6 is 11.3 Å². The number of hydroxylamine groups is 2. The SMILES string of the molecule is CCCCCCCCCCCCCCCNC1CN(C)C[N+]1([O-])c1nnc(C(C)(C)C)s1. The van der Waals surface area contributed by atoms with Crippen molar-refractivity contribution in [2.45, 2.75) is 123 Å². The predicted molar refractivity (Wildman–Crippen MR) is 139 cm³/mol. The van der Waals surface area contributed by atoms with Crippen LogP contribution in [0.2, 0.25) is 0 Å². The maximum atomic E-state index is 13.7. The number of nitrogens with one attached hydrogen (secondary N) is 1. The van der Waals surface area contributed by atoms with Gasteiger partial charge in [-0.15, -0.1) is 5.10 Å². The lowest BCUT2D eigenvalue weighted by Crippen LogP contribution is -2.56. The fraction of sp³-hybridized carbons (Fsp3) is 0.920. The van der Waals surface area contributed by atoms with Gasteiger partial charge in [0.05, 0.1) is 6.54 Å². The number of quaternary nitrogens is 1. The number of likely N-dealkylation sites (N-methyl/N-ethyl adjacent to an activating group) is 1. The third kappa shape index (κ3) is 8.98. The first kappa shape index (κ1) is 27.6. The molecule has 1 saturated heterocycles. The van der Waals surface area contributed by atoms with Crippen molar-refractivity contribution in [3.05, 3.63) is 10.2 Å². The van der Waals surface area contributed by atoms with Gasteiger partial charge in [-0.3, -0.25) is 14.9 Å². The number of unbranched alkanes of at least 4 members (excludes halogenated alkanes) is 12.